The molecule has 0 saturated heterocycles. The largest absolute Gasteiger partial charge is 0.497 e. The van der Waals surface area contributed by atoms with Gasteiger partial charge in [0.1, 0.15) is 5.75 Å². The Kier molecular flexibility index (Phi) is 6.44. The maximum absolute atomic E-state index is 12.9. The molecule has 27 heavy (non-hydrogen) atoms. The van der Waals surface area contributed by atoms with Crippen molar-refractivity contribution in [2.45, 2.75) is 19.5 Å². The third-order valence-corrected chi connectivity index (χ3v) is 3.80. The molecule has 0 saturated carbocycles. The summed E-state index contributed by atoms with van der Waals surface area (Å²) in [5.74, 6) is -0.176. The first kappa shape index (κ1) is 20.3. The molecule has 2 aromatic carbocycles. The average Bonchev–Trinajstić information content (AvgIpc) is 2.62. The second kappa shape index (κ2) is 8.57. The van der Waals surface area contributed by atoms with Crippen LogP contribution in [0.4, 0.5) is 24.5 Å². The summed E-state index contributed by atoms with van der Waals surface area (Å²) in [7, 11) is 1.53. The molecule has 1 N–H and O–H groups in total. The molecule has 0 unspecified atom stereocenters. The Morgan fingerprint density at radius 1 is 1.11 bits per heavy atom. The Morgan fingerprint density at radius 3 is 2.33 bits per heavy atom. The second-order valence-electron chi connectivity index (χ2n) is 5.75. The van der Waals surface area contributed by atoms with Crippen molar-refractivity contribution >= 4 is 23.2 Å². The van der Waals surface area contributed by atoms with Gasteiger partial charge in [-0.2, -0.15) is 13.2 Å². The molecule has 144 valence electrons. The van der Waals surface area contributed by atoms with Gasteiger partial charge in [-0.1, -0.05) is 6.07 Å². The lowest BCUT2D eigenvalue weighted by Gasteiger charge is -2.22. The summed E-state index contributed by atoms with van der Waals surface area (Å²) in [4.78, 5) is 25.1. The molecule has 0 heterocycles. The van der Waals surface area contributed by atoms with Crippen molar-refractivity contribution in [3.8, 4) is 5.75 Å². The van der Waals surface area contributed by atoms with Crippen LogP contribution in [0.1, 0.15) is 18.9 Å². The van der Waals surface area contributed by atoms with E-state index in [4.69, 9.17) is 4.74 Å². The summed E-state index contributed by atoms with van der Waals surface area (Å²) in [6, 6.07) is 11.1. The maximum atomic E-state index is 12.9. The van der Waals surface area contributed by atoms with E-state index >= 15 is 0 Å². The van der Waals surface area contributed by atoms with Gasteiger partial charge in [-0.3, -0.25) is 9.59 Å². The summed E-state index contributed by atoms with van der Waals surface area (Å²) in [6.45, 7) is 1.19. The highest BCUT2D eigenvalue weighted by molar-refractivity contribution is 5.94. The number of ether oxygens (including phenoxy) is 1. The lowest BCUT2D eigenvalue weighted by atomic mass is 10.1. The number of carbonyl (C=O) groups is 2. The van der Waals surface area contributed by atoms with Crippen LogP contribution in [0.2, 0.25) is 0 Å². The Hall–Kier alpha value is -3.03. The fraction of sp³-hybridized carbons (Fsp3) is 0.263. The minimum atomic E-state index is -4.51. The number of benzene rings is 2. The SMILES string of the molecule is COc1ccc(NC(=O)CCN(C(C)=O)c2cccc(C(F)(F)F)c2)cc1. The highest BCUT2D eigenvalue weighted by atomic mass is 19.4. The smallest absolute Gasteiger partial charge is 0.416 e. The van der Waals surface area contributed by atoms with Crippen molar-refractivity contribution in [1.82, 2.24) is 0 Å². The van der Waals surface area contributed by atoms with Crippen LogP contribution >= 0.6 is 0 Å². The van der Waals surface area contributed by atoms with E-state index in [1.54, 1.807) is 24.3 Å². The van der Waals surface area contributed by atoms with E-state index in [1.807, 2.05) is 0 Å². The highest BCUT2D eigenvalue weighted by Crippen LogP contribution is 2.31. The highest BCUT2D eigenvalue weighted by Gasteiger charge is 2.31. The molecule has 8 heteroatoms. The predicted molar refractivity (Wildman–Crippen MR) is 95.7 cm³/mol. The Balaban J connectivity index is 2.04. The number of amides is 2. The van der Waals surface area contributed by atoms with Gasteiger partial charge in [0.2, 0.25) is 11.8 Å². The second-order valence-corrected chi connectivity index (χ2v) is 5.75. The number of nitrogens with zero attached hydrogens (tertiary/aromatic N) is 1. The molecule has 0 aliphatic carbocycles. The van der Waals surface area contributed by atoms with Crippen LogP contribution < -0.4 is 15.0 Å². The molecule has 2 aromatic rings. The minimum absolute atomic E-state index is 0.0430. The summed E-state index contributed by atoms with van der Waals surface area (Å²) >= 11 is 0. The van der Waals surface area contributed by atoms with Crippen LogP contribution in [-0.2, 0) is 15.8 Å². The van der Waals surface area contributed by atoms with Crippen molar-refractivity contribution in [3.63, 3.8) is 0 Å². The third-order valence-electron chi connectivity index (χ3n) is 3.80. The number of alkyl halides is 3. The standard InChI is InChI=1S/C19H19F3N2O3/c1-13(25)24(16-5-3-4-14(12-16)19(20,21)22)11-10-18(26)23-15-6-8-17(27-2)9-7-15/h3-9,12H,10-11H2,1-2H3,(H,23,26). The molecular weight excluding hydrogens is 361 g/mol. The molecule has 0 fully saturated rings. The van der Waals surface area contributed by atoms with Crippen LogP contribution in [0.25, 0.3) is 0 Å². The first-order valence-corrected chi connectivity index (χ1v) is 8.10. The zero-order chi connectivity index (χ0) is 20.0. The third kappa shape index (κ3) is 5.73. The molecule has 5 nitrogen and oxygen atoms in total. The first-order chi connectivity index (χ1) is 12.7. The number of methoxy groups -OCH3 is 1. The lowest BCUT2D eigenvalue weighted by Crippen LogP contribution is -2.32. The fourth-order valence-corrected chi connectivity index (χ4v) is 2.43. The predicted octanol–water partition coefficient (Wildman–Crippen LogP) is 4.10. The van der Waals surface area contributed by atoms with Crippen molar-refractivity contribution in [2.24, 2.45) is 0 Å². The maximum Gasteiger partial charge on any atom is 0.416 e. The average molecular weight is 380 g/mol. The Labute approximate surface area is 154 Å². The van der Waals surface area contributed by atoms with E-state index in [9.17, 15) is 22.8 Å². The monoisotopic (exact) mass is 380 g/mol. The van der Waals surface area contributed by atoms with Crippen LogP contribution in [-0.4, -0.2) is 25.5 Å². The number of halogens is 3. The molecule has 0 bridgehead atoms. The molecule has 0 aliphatic heterocycles. The van der Waals surface area contributed by atoms with Gasteiger partial charge in [0.05, 0.1) is 12.7 Å². The van der Waals surface area contributed by atoms with E-state index in [2.05, 4.69) is 5.32 Å². The van der Waals surface area contributed by atoms with Crippen LogP contribution in [0.3, 0.4) is 0 Å². The van der Waals surface area contributed by atoms with Gasteiger partial charge in [-0.05, 0) is 42.5 Å². The summed E-state index contributed by atoms with van der Waals surface area (Å²) in [6.07, 6.45) is -4.58. The summed E-state index contributed by atoms with van der Waals surface area (Å²) in [5.41, 5.74) is -0.210. The van der Waals surface area contributed by atoms with Gasteiger partial charge in [-0.25, -0.2) is 0 Å². The van der Waals surface area contributed by atoms with E-state index in [0.29, 0.717) is 11.4 Å². The van der Waals surface area contributed by atoms with Gasteiger partial charge in [0.15, 0.2) is 0 Å². The van der Waals surface area contributed by atoms with Gasteiger partial charge < -0.3 is 15.0 Å². The number of carbonyl (C=O) groups excluding carboxylic acids is 2. The Morgan fingerprint density at radius 2 is 1.78 bits per heavy atom. The summed E-state index contributed by atoms with van der Waals surface area (Å²) in [5, 5.41) is 2.66. The van der Waals surface area contributed by atoms with E-state index in [-0.39, 0.29) is 24.6 Å². The molecule has 0 aromatic heterocycles. The van der Waals surface area contributed by atoms with Crippen molar-refractivity contribution in [1.29, 1.82) is 0 Å². The van der Waals surface area contributed by atoms with Crippen molar-refractivity contribution < 1.29 is 27.5 Å². The topological polar surface area (TPSA) is 58.6 Å². The fourth-order valence-electron chi connectivity index (χ4n) is 2.43. The molecule has 2 amide bonds. The van der Waals surface area contributed by atoms with Crippen LogP contribution in [0, 0.1) is 0 Å². The van der Waals surface area contributed by atoms with Gasteiger partial charge in [-0.15, -0.1) is 0 Å². The number of anilines is 2. The number of nitrogens with one attached hydrogen (secondary N) is 1. The van der Waals surface area contributed by atoms with Gasteiger partial charge in [0, 0.05) is 31.3 Å². The van der Waals surface area contributed by atoms with E-state index in [1.165, 1.54) is 26.2 Å². The van der Waals surface area contributed by atoms with E-state index < -0.39 is 17.6 Å². The van der Waals surface area contributed by atoms with E-state index in [0.717, 1.165) is 17.0 Å². The number of hydrogen-bond donors (Lipinski definition) is 1. The zero-order valence-electron chi connectivity index (χ0n) is 14.8. The normalized spacial score (nSPS) is 11.0. The van der Waals surface area contributed by atoms with Gasteiger partial charge in [0.25, 0.3) is 0 Å². The van der Waals surface area contributed by atoms with Crippen LogP contribution in [0.5, 0.6) is 5.75 Å². The summed E-state index contributed by atoms with van der Waals surface area (Å²) < 4.78 is 43.6. The molecular formula is C19H19F3N2O3. The molecule has 0 aliphatic rings. The molecule has 2 rings (SSSR count). The quantitative estimate of drug-likeness (QED) is 0.821. The number of hydrogen-bond acceptors (Lipinski definition) is 3. The van der Waals surface area contributed by atoms with Crippen LogP contribution in [0.15, 0.2) is 48.5 Å². The lowest BCUT2D eigenvalue weighted by molar-refractivity contribution is -0.137. The number of rotatable bonds is 6. The molecule has 0 spiro atoms. The molecule has 0 atom stereocenters. The van der Waals surface area contributed by atoms with Gasteiger partial charge >= 0.3 is 6.18 Å². The first-order valence-electron chi connectivity index (χ1n) is 8.10. The Bertz CT molecular complexity index is 805. The van der Waals surface area contributed by atoms with Crippen molar-refractivity contribution in [2.75, 3.05) is 23.9 Å². The molecule has 0 radical (unpaired) electrons. The van der Waals surface area contributed by atoms with Crippen molar-refractivity contribution in [3.05, 3.63) is 54.1 Å². The zero-order valence-corrected chi connectivity index (χ0v) is 14.8. The minimum Gasteiger partial charge on any atom is -0.497 e.